The van der Waals surface area contributed by atoms with Crippen molar-refractivity contribution in [3.63, 3.8) is 0 Å². The van der Waals surface area contributed by atoms with Crippen LogP contribution in [0.15, 0.2) is 35.4 Å². The second kappa shape index (κ2) is 10.4. The van der Waals surface area contributed by atoms with Crippen molar-refractivity contribution < 1.29 is 33.5 Å². The lowest BCUT2D eigenvalue weighted by Crippen LogP contribution is -2.57. The molecule has 0 aromatic heterocycles. The second-order valence-corrected chi connectivity index (χ2v) is 13.2. The Bertz CT molecular complexity index is 1110. The van der Waals surface area contributed by atoms with Crippen LogP contribution in [0.5, 0.6) is 0 Å². The highest BCUT2D eigenvalue weighted by Crippen LogP contribution is 2.68. The zero-order chi connectivity index (χ0) is 28.3. The molecule has 3 saturated carbocycles. The molecule has 0 bridgehead atoms. The fraction of sp³-hybridized carbons (Fsp3) is 0.758. The molecule has 1 heterocycles. The van der Waals surface area contributed by atoms with Gasteiger partial charge >= 0.3 is 0 Å². The second-order valence-electron chi connectivity index (χ2n) is 13.2. The molecular formula is C33H48O7. The first-order chi connectivity index (χ1) is 19.2. The van der Waals surface area contributed by atoms with Gasteiger partial charge in [0, 0.05) is 52.6 Å². The number of methoxy groups -OCH3 is 4. The molecule has 1 aromatic carbocycles. The topological polar surface area (TPSA) is 75.6 Å². The summed E-state index contributed by atoms with van der Waals surface area (Å²) in [7, 11) is 7.06. The Balaban J connectivity index is 1.44. The number of hydrogen-bond donors (Lipinski definition) is 1. The van der Waals surface area contributed by atoms with E-state index in [1.807, 2.05) is 14.0 Å². The maximum atomic E-state index is 12.2. The van der Waals surface area contributed by atoms with E-state index in [1.165, 1.54) is 16.7 Å². The van der Waals surface area contributed by atoms with E-state index in [0.29, 0.717) is 31.5 Å². The molecule has 0 amide bonds. The normalized spacial score (nSPS) is 42.4. The van der Waals surface area contributed by atoms with Crippen LogP contribution in [-0.2, 0) is 28.4 Å². The number of benzene rings is 1. The SMILES string of the molecule is COC[C@]1(OC)CC[C@H]2[C@@H]3CC[C@@]4(O)CC(OC)(OC)CCC4=C3[C@@H](c3ccc(C4COC(C)O4)cc3)C[C@@]21C. The van der Waals surface area contributed by atoms with Crippen molar-refractivity contribution in [2.45, 2.75) is 101 Å². The van der Waals surface area contributed by atoms with Crippen LogP contribution in [0, 0.1) is 17.3 Å². The molecule has 1 aromatic rings. The lowest BCUT2D eigenvalue weighted by Gasteiger charge is -2.58. The molecule has 0 radical (unpaired) electrons. The largest absolute Gasteiger partial charge is 0.385 e. The summed E-state index contributed by atoms with van der Waals surface area (Å²) < 4.78 is 35.5. The third-order valence-corrected chi connectivity index (χ3v) is 11.8. The molecular weight excluding hydrogens is 508 g/mol. The molecule has 222 valence electrons. The van der Waals surface area contributed by atoms with Gasteiger partial charge in [-0.1, -0.05) is 36.8 Å². The Morgan fingerprint density at radius 2 is 1.68 bits per heavy atom. The van der Waals surface area contributed by atoms with E-state index in [9.17, 15) is 5.11 Å². The highest BCUT2D eigenvalue weighted by molar-refractivity contribution is 5.44. The lowest BCUT2D eigenvalue weighted by molar-refractivity contribution is -0.246. The molecule has 0 spiro atoms. The van der Waals surface area contributed by atoms with Crippen molar-refractivity contribution in [3.05, 3.63) is 46.5 Å². The van der Waals surface area contributed by atoms with Gasteiger partial charge in [0.2, 0.25) is 0 Å². The van der Waals surface area contributed by atoms with E-state index >= 15 is 0 Å². The molecule has 2 unspecified atom stereocenters. The van der Waals surface area contributed by atoms with Crippen LogP contribution in [0.4, 0.5) is 0 Å². The molecule has 8 atom stereocenters. The number of allylic oxidation sites excluding steroid dienone is 1. The smallest absolute Gasteiger partial charge is 0.170 e. The highest BCUT2D eigenvalue weighted by atomic mass is 16.7. The van der Waals surface area contributed by atoms with E-state index in [1.54, 1.807) is 21.3 Å². The van der Waals surface area contributed by atoms with Crippen molar-refractivity contribution in [1.82, 2.24) is 0 Å². The van der Waals surface area contributed by atoms with Crippen LogP contribution < -0.4 is 0 Å². The summed E-state index contributed by atoms with van der Waals surface area (Å²) in [6, 6.07) is 8.98. The maximum Gasteiger partial charge on any atom is 0.170 e. The minimum absolute atomic E-state index is 0.0286. The first-order valence-corrected chi connectivity index (χ1v) is 15.1. The van der Waals surface area contributed by atoms with Crippen LogP contribution in [0.25, 0.3) is 0 Å². The van der Waals surface area contributed by atoms with Crippen LogP contribution in [0.3, 0.4) is 0 Å². The van der Waals surface area contributed by atoms with Crippen LogP contribution >= 0.6 is 0 Å². The van der Waals surface area contributed by atoms with Crippen LogP contribution in [-0.4, -0.2) is 70.0 Å². The molecule has 1 saturated heterocycles. The predicted octanol–water partition coefficient (Wildman–Crippen LogP) is 5.67. The number of fused-ring (bicyclic) bond motifs is 4. The summed E-state index contributed by atoms with van der Waals surface area (Å²) in [5, 5.41) is 12.2. The summed E-state index contributed by atoms with van der Waals surface area (Å²) in [6.45, 7) is 5.58. The van der Waals surface area contributed by atoms with E-state index in [-0.39, 0.29) is 29.3 Å². The van der Waals surface area contributed by atoms with Gasteiger partial charge in [-0.3, -0.25) is 0 Å². The number of rotatable bonds is 7. The number of aliphatic hydroxyl groups is 1. The third kappa shape index (κ3) is 4.26. The summed E-state index contributed by atoms with van der Waals surface area (Å²) in [4.78, 5) is 0. The van der Waals surface area contributed by atoms with Gasteiger partial charge in [-0.2, -0.15) is 0 Å². The fourth-order valence-corrected chi connectivity index (χ4v) is 9.59. The Labute approximate surface area is 239 Å². The first-order valence-electron chi connectivity index (χ1n) is 15.1. The van der Waals surface area contributed by atoms with Crippen molar-refractivity contribution >= 4 is 0 Å². The zero-order valence-electron chi connectivity index (χ0n) is 25.2. The minimum Gasteiger partial charge on any atom is -0.385 e. The molecule has 7 nitrogen and oxygen atoms in total. The third-order valence-electron chi connectivity index (χ3n) is 11.8. The molecule has 1 N–H and O–H groups in total. The van der Waals surface area contributed by atoms with Crippen LogP contribution in [0.2, 0.25) is 0 Å². The van der Waals surface area contributed by atoms with Gasteiger partial charge in [-0.25, -0.2) is 0 Å². The van der Waals surface area contributed by atoms with Gasteiger partial charge < -0.3 is 33.5 Å². The van der Waals surface area contributed by atoms with Crippen molar-refractivity contribution in [3.8, 4) is 0 Å². The van der Waals surface area contributed by atoms with Gasteiger partial charge in [0.05, 0.1) is 24.4 Å². The molecule has 5 aliphatic rings. The van der Waals surface area contributed by atoms with Gasteiger partial charge in [0.25, 0.3) is 0 Å². The molecule has 4 aliphatic carbocycles. The average molecular weight is 557 g/mol. The summed E-state index contributed by atoms with van der Waals surface area (Å²) in [5.41, 5.74) is 3.91. The average Bonchev–Trinajstić information content (AvgIpc) is 3.53. The summed E-state index contributed by atoms with van der Waals surface area (Å²) >= 11 is 0. The van der Waals surface area contributed by atoms with Gasteiger partial charge in [-0.05, 0) is 74.0 Å². The lowest BCUT2D eigenvalue weighted by atomic mass is 9.49. The predicted molar refractivity (Wildman–Crippen MR) is 151 cm³/mol. The van der Waals surface area contributed by atoms with Crippen LogP contribution in [0.1, 0.15) is 88.4 Å². The molecule has 40 heavy (non-hydrogen) atoms. The standard InChI is InChI=1S/C33H48O7/c1-21-39-18-28(40-21)23-9-7-22(8-10-23)25-17-30(2)26(12-15-32(30,36-4)20-35-3)24-11-14-31(34)19-33(37-5,38-6)16-13-27(31)29(24)25/h7-10,21,24-26,28,34H,11-20H2,1-6H3/t21?,24-,25+,26-,28?,30-,31+,32+/m0/s1. The Hall–Kier alpha value is -1.32. The quantitative estimate of drug-likeness (QED) is 0.343. The van der Waals surface area contributed by atoms with E-state index in [4.69, 9.17) is 28.4 Å². The highest BCUT2D eigenvalue weighted by Gasteiger charge is 2.65. The van der Waals surface area contributed by atoms with Crippen molar-refractivity contribution in [1.29, 1.82) is 0 Å². The Kier molecular flexibility index (Phi) is 7.51. The van der Waals surface area contributed by atoms with Crippen molar-refractivity contribution in [2.24, 2.45) is 17.3 Å². The number of ether oxygens (including phenoxy) is 6. The van der Waals surface area contributed by atoms with Gasteiger partial charge in [0.15, 0.2) is 12.1 Å². The van der Waals surface area contributed by atoms with E-state index in [0.717, 1.165) is 50.5 Å². The van der Waals surface area contributed by atoms with E-state index in [2.05, 4.69) is 31.2 Å². The fourth-order valence-electron chi connectivity index (χ4n) is 9.59. The Morgan fingerprint density at radius 3 is 2.30 bits per heavy atom. The van der Waals surface area contributed by atoms with Gasteiger partial charge in [-0.15, -0.1) is 0 Å². The van der Waals surface area contributed by atoms with Gasteiger partial charge in [0.1, 0.15) is 6.10 Å². The summed E-state index contributed by atoms with van der Waals surface area (Å²) in [5.74, 6) is 0.373. The number of hydrogen-bond acceptors (Lipinski definition) is 7. The summed E-state index contributed by atoms with van der Waals surface area (Å²) in [6.07, 6.45) is 6.63. The molecule has 7 heteroatoms. The first kappa shape index (κ1) is 28.8. The van der Waals surface area contributed by atoms with Crippen molar-refractivity contribution in [2.75, 3.05) is 41.7 Å². The molecule has 6 rings (SSSR count). The molecule has 4 fully saturated rings. The monoisotopic (exact) mass is 556 g/mol. The minimum atomic E-state index is -0.906. The maximum absolute atomic E-state index is 12.2. The molecule has 1 aliphatic heterocycles. The van der Waals surface area contributed by atoms with E-state index < -0.39 is 11.4 Å². The Morgan fingerprint density at radius 1 is 0.950 bits per heavy atom. The zero-order valence-corrected chi connectivity index (χ0v) is 25.2.